The Bertz CT molecular complexity index is 644. The highest BCUT2D eigenvalue weighted by Gasteiger charge is 2.11. The maximum Gasteiger partial charge on any atom is 0.266 e. The van der Waals surface area contributed by atoms with E-state index in [0.29, 0.717) is 11.3 Å². The number of carbonyl (C=O) groups excluding carboxylic acids is 2. The monoisotopic (exact) mass is 289 g/mol. The van der Waals surface area contributed by atoms with Crippen molar-refractivity contribution >= 4 is 29.1 Å². The van der Waals surface area contributed by atoms with Gasteiger partial charge in [0.25, 0.3) is 11.8 Å². The van der Waals surface area contributed by atoms with Gasteiger partial charge in [-0.25, -0.2) is 5.84 Å². The van der Waals surface area contributed by atoms with Crippen LogP contribution in [0.3, 0.4) is 0 Å². The molecule has 2 rings (SSSR count). The summed E-state index contributed by atoms with van der Waals surface area (Å²) in [5, 5.41) is 2.90. The Morgan fingerprint density at radius 2 is 1.70 bits per heavy atom. The molecule has 2 aromatic rings. The molecule has 4 N–H and O–H groups in total. The third-order valence-corrected chi connectivity index (χ3v) is 2.95. The summed E-state index contributed by atoms with van der Waals surface area (Å²) >= 11 is 5.96. The lowest BCUT2D eigenvalue weighted by molar-refractivity contribution is 0.0953. The van der Waals surface area contributed by atoms with Crippen LogP contribution in [0.5, 0.6) is 0 Å². The molecule has 0 aliphatic heterocycles. The topological polar surface area (TPSA) is 84.2 Å². The van der Waals surface area contributed by atoms with E-state index in [1.54, 1.807) is 30.3 Å². The Morgan fingerprint density at radius 1 is 1.00 bits per heavy atom. The van der Waals surface area contributed by atoms with Gasteiger partial charge in [0.15, 0.2) is 0 Å². The van der Waals surface area contributed by atoms with Gasteiger partial charge in [0.1, 0.15) is 0 Å². The predicted molar refractivity (Wildman–Crippen MR) is 77.5 cm³/mol. The average Bonchev–Trinajstić information content (AvgIpc) is 2.47. The maximum atomic E-state index is 11.9. The number of hydrogen-bond acceptors (Lipinski definition) is 3. The van der Waals surface area contributed by atoms with Crippen LogP contribution in [0.25, 0.3) is 0 Å². The normalized spacial score (nSPS) is 9.90. The van der Waals surface area contributed by atoms with Crippen molar-refractivity contribution in [2.45, 2.75) is 0 Å². The number of hydrogen-bond donors (Lipinski definition) is 3. The highest BCUT2D eigenvalue weighted by Crippen LogP contribution is 2.21. The van der Waals surface area contributed by atoms with Gasteiger partial charge in [-0.3, -0.25) is 15.0 Å². The van der Waals surface area contributed by atoms with E-state index in [2.05, 4.69) is 5.32 Å². The number of amides is 2. The first-order valence-electron chi connectivity index (χ1n) is 5.78. The van der Waals surface area contributed by atoms with E-state index in [-0.39, 0.29) is 16.5 Å². The zero-order valence-corrected chi connectivity index (χ0v) is 11.1. The molecule has 0 bridgehead atoms. The standard InChI is InChI=1S/C14H12ClN3O2/c15-12-8-10(6-7-11(12)14(20)18-16)17-13(19)9-4-2-1-3-5-9/h1-8H,16H2,(H,17,19)(H,18,20). The molecule has 0 saturated heterocycles. The van der Waals surface area contributed by atoms with Crippen LogP contribution in [0.1, 0.15) is 20.7 Å². The summed E-state index contributed by atoms with van der Waals surface area (Å²) in [6, 6.07) is 13.3. The minimum atomic E-state index is -0.490. The van der Waals surface area contributed by atoms with E-state index >= 15 is 0 Å². The molecule has 0 aliphatic carbocycles. The molecule has 0 atom stereocenters. The van der Waals surface area contributed by atoms with Crippen LogP contribution >= 0.6 is 11.6 Å². The van der Waals surface area contributed by atoms with Crippen LogP contribution in [-0.4, -0.2) is 11.8 Å². The lowest BCUT2D eigenvalue weighted by Crippen LogP contribution is -2.30. The van der Waals surface area contributed by atoms with Gasteiger partial charge in [0.2, 0.25) is 0 Å². The third kappa shape index (κ3) is 3.14. The van der Waals surface area contributed by atoms with E-state index in [1.807, 2.05) is 11.5 Å². The number of carbonyl (C=O) groups is 2. The van der Waals surface area contributed by atoms with E-state index in [0.717, 1.165) is 0 Å². The van der Waals surface area contributed by atoms with E-state index < -0.39 is 5.91 Å². The molecule has 0 aliphatic rings. The highest BCUT2D eigenvalue weighted by atomic mass is 35.5. The fraction of sp³-hybridized carbons (Fsp3) is 0. The summed E-state index contributed by atoms with van der Waals surface area (Å²) in [6.07, 6.45) is 0. The molecule has 0 unspecified atom stereocenters. The Morgan fingerprint density at radius 3 is 2.30 bits per heavy atom. The van der Waals surface area contributed by atoms with E-state index in [4.69, 9.17) is 17.4 Å². The lowest BCUT2D eigenvalue weighted by atomic mass is 10.1. The van der Waals surface area contributed by atoms with Crippen molar-refractivity contribution in [2.75, 3.05) is 5.32 Å². The molecule has 0 fully saturated rings. The molecule has 2 aromatic carbocycles. The first-order chi connectivity index (χ1) is 9.61. The van der Waals surface area contributed by atoms with Gasteiger partial charge in [0, 0.05) is 11.3 Å². The summed E-state index contributed by atoms with van der Waals surface area (Å²) < 4.78 is 0. The number of nitrogens with two attached hydrogens (primary N) is 1. The minimum absolute atomic E-state index is 0.207. The van der Waals surface area contributed by atoms with Crippen molar-refractivity contribution in [1.82, 2.24) is 5.43 Å². The van der Waals surface area contributed by atoms with Crippen molar-refractivity contribution in [3.05, 3.63) is 64.7 Å². The van der Waals surface area contributed by atoms with Crippen LogP contribution in [0.4, 0.5) is 5.69 Å². The molecular weight excluding hydrogens is 278 g/mol. The fourth-order valence-electron chi connectivity index (χ4n) is 1.65. The Balaban J connectivity index is 2.17. The second-order valence-corrected chi connectivity index (χ2v) is 4.40. The number of anilines is 1. The molecule has 0 saturated carbocycles. The molecule has 0 radical (unpaired) electrons. The van der Waals surface area contributed by atoms with Gasteiger partial charge < -0.3 is 5.32 Å². The maximum absolute atomic E-state index is 11.9. The van der Waals surface area contributed by atoms with Crippen LogP contribution < -0.4 is 16.6 Å². The summed E-state index contributed by atoms with van der Waals surface area (Å²) in [5.41, 5.74) is 3.27. The molecule has 20 heavy (non-hydrogen) atoms. The number of benzene rings is 2. The molecular formula is C14H12ClN3O2. The zero-order chi connectivity index (χ0) is 14.5. The van der Waals surface area contributed by atoms with Crippen LogP contribution in [0, 0.1) is 0 Å². The summed E-state index contributed by atoms with van der Waals surface area (Å²) in [4.78, 5) is 23.3. The van der Waals surface area contributed by atoms with Crippen LogP contribution in [0.15, 0.2) is 48.5 Å². The van der Waals surface area contributed by atoms with Gasteiger partial charge in [0.05, 0.1) is 10.6 Å². The van der Waals surface area contributed by atoms with Crippen molar-refractivity contribution in [1.29, 1.82) is 0 Å². The lowest BCUT2D eigenvalue weighted by Gasteiger charge is -2.08. The average molecular weight is 290 g/mol. The number of nitrogens with one attached hydrogen (secondary N) is 2. The second kappa shape index (κ2) is 6.18. The van der Waals surface area contributed by atoms with E-state index in [9.17, 15) is 9.59 Å². The summed E-state index contributed by atoms with van der Waals surface area (Å²) in [7, 11) is 0. The predicted octanol–water partition coefficient (Wildman–Crippen LogP) is 2.20. The fourth-order valence-corrected chi connectivity index (χ4v) is 1.91. The minimum Gasteiger partial charge on any atom is -0.322 e. The first-order valence-corrected chi connectivity index (χ1v) is 6.16. The van der Waals surface area contributed by atoms with Crippen molar-refractivity contribution < 1.29 is 9.59 Å². The Hall–Kier alpha value is -2.37. The van der Waals surface area contributed by atoms with Crippen molar-refractivity contribution in [2.24, 2.45) is 5.84 Å². The van der Waals surface area contributed by atoms with Crippen LogP contribution in [-0.2, 0) is 0 Å². The number of halogens is 1. The second-order valence-electron chi connectivity index (χ2n) is 3.99. The third-order valence-electron chi connectivity index (χ3n) is 2.64. The largest absolute Gasteiger partial charge is 0.322 e. The molecule has 0 spiro atoms. The summed E-state index contributed by atoms with van der Waals surface area (Å²) in [6.45, 7) is 0. The van der Waals surface area contributed by atoms with Gasteiger partial charge in [-0.15, -0.1) is 0 Å². The van der Waals surface area contributed by atoms with Gasteiger partial charge >= 0.3 is 0 Å². The Labute approximate surface area is 120 Å². The molecule has 0 aromatic heterocycles. The molecule has 102 valence electrons. The van der Waals surface area contributed by atoms with Gasteiger partial charge in [-0.2, -0.15) is 0 Å². The Kier molecular flexibility index (Phi) is 4.34. The van der Waals surface area contributed by atoms with Gasteiger partial charge in [-0.05, 0) is 30.3 Å². The quantitative estimate of drug-likeness (QED) is 0.460. The molecule has 0 heterocycles. The van der Waals surface area contributed by atoms with Gasteiger partial charge in [-0.1, -0.05) is 29.8 Å². The van der Waals surface area contributed by atoms with Crippen molar-refractivity contribution in [3.8, 4) is 0 Å². The van der Waals surface area contributed by atoms with Crippen LogP contribution in [0.2, 0.25) is 5.02 Å². The smallest absolute Gasteiger partial charge is 0.266 e. The number of hydrazine groups is 1. The SMILES string of the molecule is NNC(=O)c1ccc(NC(=O)c2ccccc2)cc1Cl. The zero-order valence-electron chi connectivity index (χ0n) is 10.4. The highest BCUT2D eigenvalue weighted by molar-refractivity contribution is 6.34. The molecule has 6 heteroatoms. The molecule has 2 amide bonds. The molecule has 5 nitrogen and oxygen atoms in total. The van der Waals surface area contributed by atoms with E-state index in [1.165, 1.54) is 12.1 Å². The number of rotatable bonds is 3. The number of nitrogen functional groups attached to an aromatic ring is 1. The van der Waals surface area contributed by atoms with Crippen molar-refractivity contribution in [3.63, 3.8) is 0 Å². The first kappa shape index (κ1) is 14.0. The summed E-state index contributed by atoms with van der Waals surface area (Å²) in [5.74, 6) is 4.30.